The van der Waals surface area contributed by atoms with E-state index in [0.29, 0.717) is 11.7 Å². The lowest BCUT2D eigenvalue weighted by Gasteiger charge is -2.10. The van der Waals surface area contributed by atoms with Crippen molar-refractivity contribution in [3.05, 3.63) is 96.8 Å². The van der Waals surface area contributed by atoms with Crippen LogP contribution in [0.5, 0.6) is 0 Å². The number of nitrogens with one attached hydrogen (secondary N) is 1. The number of imidazole rings is 1. The summed E-state index contributed by atoms with van der Waals surface area (Å²) in [6.45, 7) is 12.4. The van der Waals surface area contributed by atoms with Crippen molar-refractivity contribution in [3.8, 4) is 0 Å². The summed E-state index contributed by atoms with van der Waals surface area (Å²) in [5, 5.41) is 3.07. The third kappa shape index (κ3) is 10.5. The largest absolute Gasteiger partial charge is 0.382 e. The van der Waals surface area contributed by atoms with E-state index >= 15 is 0 Å². The second-order valence-corrected chi connectivity index (χ2v) is 11.1. The minimum Gasteiger partial charge on any atom is -0.382 e. The number of hydrogen-bond acceptors (Lipinski definition) is 7. The molecule has 1 aliphatic heterocycles. The van der Waals surface area contributed by atoms with Crippen LogP contribution in [0.1, 0.15) is 88.7 Å². The zero-order valence-electron chi connectivity index (χ0n) is 27.4. The minimum absolute atomic E-state index is 0.0833. The molecule has 3 heterocycles. The van der Waals surface area contributed by atoms with Crippen molar-refractivity contribution >= 4 is 34.6 Å². The number of ether oxygens (including phenoxy) is 1. The maximum atomic E-state index is 9.88. The van der Waals surface area contributed by atoms with Gasteiger partial charge in [-0.1, -0.05) is 88.8 Å². The predicted octanol–water partition coefficient (Wildman–Crippen LogP) is 7.60. The molecule has 0 amide bonds. The molecule has 1 unspecified atom stereocenters. The lowest BCUT2D eigenvalue weighted by molar-refractivity contribution is -0.115. The van der Waals surface area contributed by atoms with Crippen molar-refractivity contribution in [2.45, 2.75) is 77.7 Å². The van der Waals surface area contributed by atoms with Gasteiger partial charge in [0.1, 0.15) is 35.2 Å². The third-order valence-electron chi connectivity index (χ3n) is 7.50. The first-order chi connectivity index (χ1) is 22.0. The molecule has 0 bridgehead atoms. The standard InChI is InChI=1S/C27H29N5.C5H13N.C5H8O2/c1-4-10-19(3)27-31-24(25-26(28)29-16-17-32(25)27)21-14-9-15-22(18-21)30-23(11-5-2)20-12-7-6-8-13-20;1-3-4-5-6-2;6-4-5-2-1-3-7-5/h5-9,11-14,16-19H,2,4,10,15H2,1,3H3,(H2,28,29);6H,3-5H2,1-2H3;4-5H,1-3H2/b23-11-,30-22?;;/t19-;;/m0../s1. The molecule has 3 aromatic rings. The second-order valence-electron chi connectivity index (χ2n) is 11.1. The number of nitrogen functional groups attached to an aromatic ring is 1. The number of aldehydes is 1. The van der Waals surface area contributed by atoms with E-state index in [9.17, 15) is 4.79 Å². The van der Waals surface area contributed by atoms with Crippen molar-refractivity contribution in [1.29, 1.82) is 0 Å². The lowest BCUT2D eigenvalue weighted by atomic mass is 10.0. The number of carbonyl (C=O) groups excluding carboxylic acids is 1. The van der Waals surface area contributed by atoms with Gasteiger partial charge in [0.05, 0.1) is 5.70 Å². The first-order valence-electron chi connectivity index (χ1n) is 16.1. The van der Waals surface area contributed by atoms with Gasteiger partial charge in [-0.05, 0) is 51.4 Å². The van der Waals surface area contributed by atoms with E-state index in [4.69, 9.17) is 20.4 Å². The van der Waals surface area contributed by atoms with Crippen LogP contribution in [0.4, 0.5) is 5.82 Å². The fourth-order valence-corrected chi connectivity index (χ4v) is 5.15. The highest BCUT2D eigenvalue weighted by Gasteiger charge is 2.21. The average molecular weight is 611 g/mol. The second kappa shape index (κ2) is 19.3. The third-order valence-corrected chi connectivity index (χ3v) is 7.50. The molecule has 2 aliphatic rings. The number of anilines is 1. The highest BCUT2D eigenvalue weighted by molar-refractivity contribution is 6.08. The predicted molar refractivity (Wildman–Crippen MR) is 188 cm³/mol. The Morgan fingerprint density at radius 1 is 1.27 bits per heavy atom. The number of allylic oxidation sites excluding steroid dienone is 6. The summed E-state index contributed by atoms with van der Waals surface area (Å²) >= 11 is 0. The number of unbranched alkanes of at least 4 members (excludes halogenated alkanes) is 1. The van der Waals surface area contributed by atoms with Gasteiger partial charge in [0.25, 0.3) is 0 Å². The van der Waals surface area contributed by atoms with Crippen LogP contribution in [0.15, 0.2) is 84.7 Å². The number of fused-ring (bicyclic) bond motifs is 1. The number of aliphatic imine (C=N–C) groups is 1. The van der Waals surface area contributed by atoms with Gasteiger partial charge < -0.3 is 20.6 Å². The van der Waals surface area contributed by atoms with Crippen LogP contribution in [0.3, 0.4) is 0 Å². The van der Waals surface area contributed by atoms with Crippen molar-refractivity contribution in [1.82, 2.24) is 19.7 Å². The van der Waals surface area contributed by atoms with Crippen LogP contribution in [-0.4, -0.2) is 52.7 Å². The van der Waals surface area contributed by atoms with E-state index < -0.39 is 0 Å². The molecule has 1 aliphatic carbocycles. The Bertz CT molecular complexity index is 1480. The zero-order chi connectivity index (χ0) is 32.4. The summed E-state index contributed by atoms with van der Waals surface area (Å²) < 4.78 is 7.02. The monoisotopic (exact) mass is 610 g/mol. The van der Waals surface area contributed by atoms with E-state index in [2.05, 4.69) is 72.4 Å². The maximum absolute atomic E-state index is 9.88. The van der Waals surface area contributed by atoms with Crippen LogP contribution >= 0.6 is 0 Å². The van der Waals surface area contributed by atoms with Crippen molar-refractivity contribution in [2.24, 2.45) is 4.99 Å². The van der Waals surface area contributed by atoms with E-state index in [1.54, 1.807) is 12.3 Å². The molecule has 240 valence electrons. The first-order valence-corrected chi connectivity index (χ1v) is 16.1. The fourth-order valence-electron chi connectivity index (χ4n) is 5.15. The Morgan fingerprint density at radius 2 is 2.07 bits per heavy atom. The molecular formula is C37H50N6O2. The van der Waals surface area contributed by atoms with Crippen LogP contribution in [-0.2, 0) is 9.53 Å². The van der Waals surface area contributed by atoms with Gasteiger partial charge in [-0.25, -0.2) is 9.97 Å². The minimum atomic E-state index is -0.0833. The molecule has 8 nitrogen and oxygen atoms in total. The van der Waals surface area contributed by atoms with E-state index in [1.165, 1.54) is 12.8 Å². The molecule has 2 atom stereocenters. The normalized spacial score (nSPS) is 17.6. The quantitative estimate of drug-likeness (QED) is 0.132. The van der Waals surface area contributed by atoms with Gasteiger partial charge in [-0.3, -0.25) is 9.39 Å². The van der Waals surface area contributed by atoms with Gasteiger partial charge in [0.2, 0.25) is 0 Å². The van der Waals surface area contributed by atoms with E-state index in [1.807, 2.05) is 37.5 Å². The summed E-state index contributed by atoms with van der Waals surface area (Å²) in [6.07, 6.45) is 22.0. The van der Waals surface area contributed by atoms with Gasteiger partial charge in [0, 0.05) is 48.2 Å². The Hall–Kier alpha value is -4.14. The molecule has 8 heteroatoms. The molecule has 5 rings (SSSR count). The van der Waals surface area contributed by atoms with E-state index in [-0.39, 0.29) is 6.10 Å². The number of hydrogen-bond donors (Lipinski definition) is 2. The number of nitrogens with zero attached hydrogens (tertiary/aromatic N) is 4. The van der Waals surface area contributed by atoms with Crippen LogP contribution in [0.25, 0.3) is 16.8 Å². The molecule has 2 aromatic heterocycles. The van der Waals surface area contributed by atoms with Gasteiger partial charge >= 0.3 is 0 Å². The molecule has 45 heavy (non-hydrogen) atoms. The molecule has 0 radical (unpaired) electrons. The van der Waals surface area contributed by atoms with Crippen LogP contribution in [0, 0.1) is 0 Å². The highest BCUT2D eigenvalue weighted by Crippen LogP contribution is 2.31. The molecule has 1 saturated heterocycles. The lowest BCUT2D eigenvalue weighted by Crippen LogP contribution is -2.06. The van der Waals surface area contributed by atoms with Crippen LogP contribution < -0.4 is 11.1 Å². The Labute approximate surface area is 268 Å². The number of carbonyl (C=O) groups is 1. The molecular weight excluding hydrogens is 560 g/mol. The number of benzene rings is 1. The number of nitrogens with two attached hydrogens (primary N) is 1. The topological polar surface area (TPSA) is 107 Å². The maximum Gasteiger partial charge on any atom is 0.150 e. The van der Waals surface area contributed by atoms with Gasteiger partial charge in [0.15, 0.2) is 0 Å². The molecule has 0 saturated carbocycles. The van der Waals surface area contributed by atoms with Crippen molar-refractivity contribution in [3.63, 3.8) is 0 Å². The highest BCUT2D eigenvalue weighted by atomic mass is 16.5. The first kappa shape index (κ1) is 35.3. The molecule has 3 N–H and O–H groups in total. The van der Waals surface area contributed by atoms with Crippen molar-refractivity contribution in [2.75, 3.05) is 25.9 Å². The summed E-state index contributed by atoms with van der Waals surface area (Å²) in [7, 11) is 1.98. The molecule has 0 spiro atoms. The molecule has 1 aromatic carbocycles. The number of rotatable bonds is 11. The van der Waals surface area contributed by atoms with Gasteiger partial charge in [-0.2, -0.15) is 0 Å². The Morgan fingerprint density at radius 3 is 2.67 bits per heavy atom. The van der Waals surface area contributed by atoms with E-state index in [0.717, 1.165) is 91.1 Å². The Kier molecular flexibility index (Phi) is 15.1. The fraction of sp³-hybridized carbons (Fsp3) is 0.405. The summed E-state index contributed by atoms with van der Waals surface area (Å²) in [4.78, 5) is 24.2. The summed E-state index contributed by atoms with van der Waals surface area (Å²) in [5.41, 5.74) is 11.9. The summed E-state index contributed by atoms with van der Waals surface area (Å²) in [5.74, 6) is 1.82. The number of aromatic nitrogens is 3. The smallest absolute Gasteiger partial charge is 0.150 e. The van der Waals surface area contributed by atoms with Gasteiger partial charge in [-0.15, -0.1) is 0 Å². The summed E-state index contributed by atoms with van der Waals surface area (Å²) in [6, 6.07) is 10.1. The average Bonchev–Trinajstić information content (AvgIpc) is 3.74. The van der Waals surface area contributed by atoms with Crippen LogP contribution in [0.2, 0.25) is 0 Å². The van der Waals surface area contributed by atoms with Crippen molar-refractivity contribution < 1.29 is 9.53 Å². The SMILES string of the molecule is C=C/C=C(\N=C1C=C(c2nc([C@@H](C)CCC)n3ccnc(N)c23)C=CC1)c1ccccc1.CCCCNC.O=CC1CCCO1. The molecule has 1 fully saturated rings. The zero-order valence-corrected chi connectivity index (χ0v) is 27.4. The Balaban J connectivity index is 0.000000353.